The second-order valence-electron chi connectivity index (χ2n) is 7.48. The third-order valence-corrected chi connectivity index (χ3v) is 6.05. The molecule has 0 spiro atoms. The van der Waals surface area contributed by atoms with E-state index in [9.17, 15) is 4.79 Å². The molecule has 154 valence electrons. The summed E-state index contributed by atoms with van der Waals surface area (Å²) in [5.41, 5.74) is 4.89. The van der Waals surface area contributed by atoms with Crippen molar-refractivity contribution >= 4 is 34.9 Å². The Morgan fingerprint density at radius 2 is 1.63 bits per heavy atom. The van der Waals surface area contributed by atoms with Crippen LogP contribution in [0.25, 0.3) is 11.3 Å². The summed E-state index contributed by atoms with van der Waals surface area (Å²) < 4.78 is 0. The molecule has 1 aliphatic heterocycles. The molecular formula is C23H22Cl2N4O. The van der Waals surface area contributed by atoms with Crippen LogP contribution in [-0.2, 0) is 0 Å². The number of aryl methyl sites for hydroxylation is 2. The standard InChI is InChI=1S/C23H22Cl2N4O/c1-15-3-4-17(13-16(15)2)21-7-8-22(27-26-21)28-9-11-29(12-10-28)23(30)19-6-5-18(24)14-20(19)25/h3-8,13-14H,9-12H2,1-2H3. The van der Waals surface area contributed by atoms with Crippen LogP contribution in [0.4, 0.5) is 5.82 Å². The molecule has 0 radical (unpaired) electrons. The van der Waals surface area contributed by atoms with Crippen LogP contribution in [0.5, 0.6) is 0 Å². The second-order valence-corrected chi connectivity index (χ2v) is 8.32. The Balaban J connectivity index is 1.41. The first-order chi connectivity index (χ1) is 14.4. The van der Waals surface area contributed by atoms with Crippen LogP contribution < -0.4 is 4.90 Å². The topological polar surface area (TPSA) is 49.3 Å². The summed E-state index contributed by atoms with van der Waals surface area (Å²) in [6.45, 7) is 6.76. The van der Waals surface area contributed by atoms with Crippen LogP contribution >= 0.6 is 23.2 Å². The highest BCUT2D eigenvalue weighted by Crippen LogP contribution is 2.24. The fourth-order valence-corrected chi connectivity index (χ4v) is 4.01. The van der Waals surface area contributed by atoms with E-state index in [1.165, 1.54) is 11.1 Å². The van der Waals surface area contributed by atoms with E-state index in [-0.39, 0.29) is 5.91 Å². The van der Waals surface area contributed by atoms with Crippen molar-refractivity contribution in [1.29, 1.82) is 0 Å². The number of nitrogens with zero attached hydrogens (tertiary/aromatic N) is 4. The van der Waals surface area contributed by atoms with Gasteiger partial charge in [-0.15, -0.1) is 10.2 Å². The van der Waals surface area contributed by atoms with Crippen molar-refractivity contribution in [2.75, 3.05) is 31.1 Å². The third-order valence-electron chi connectivity index (χ3n) is 5.51. The molecule has 7 heteroatoms. The van der Waals surface area contributed by atoms with Gasteiger partial charge in [0.2, 0.25) is 0 Å². The summed E-state index contributed by atoms with van der Waals surface area (Å²) >= 11 is 12.1. The van der Waals surface area contributed by atoms with Crippen LogP contribution in [0.2, 0.25) is 10.0 Å². The van der Waals surface area contributed by atoms with Gasteiger partial charge in [0.25, 0.3) is 5.91 Å². The number of benzene rings is 2. The summed E-state index contributed by atoms with van der Waals surface area (Å²) in [4.78, 5) is 16.7. The van der Waals surface area contributed by atoms with Crippen molar-refractivity contribution in [2.45, 2.75) is 13.8 Å². The molecule has 30 heavy (non-hydrogen) atoms. The maximum atomic E-state index is 12.8. The average Bonchev–Trinajstić information content (AvgIpc) is 2.75. The van der Waals surface area contributed by atoms with Gasteiger partial charge in [-0.05, 0) is 61.4 Å². The van der Waals surface area contributed by atoms with Crippen molar-refractivity contribution in [2.24, 2.45) is 0 Å². The Labute approximate surface area is 186 Å². The highest BCUT2D eigenvalue weighted by atomic mass is 35.5. The van der Waals surface area contributed by atoms with Gasteiger partial charge >= 0.3 is 0 Å². The lowest BCUT2D eigenvalue weighted by Gasteiger charge is -2.35. The van der Waals surface area contributed by atoms with Crippen LogP contribution in [0.15, 0.2) is 48.5 Å². The molecule has 1 amide bonds. The lowest BCUT2D eigenvalue weighted by molar-refractivity contribution is 0.0746. The van der Waals surface area contributed by atoms with Gasteiger partial charge in [0.15, 0.2) is 5.82 Å². The SMILES string of the molecule is Cc1ccc(-c2ccc(N3CCN(C(=O)c4ccc(Cl)cc4Cl)CC3)nn2)cc1C. The molecule has 0 atom stereocenters. The summed E-state index contributed by atoms with van der Waals surface area (Å²) in [5, 5.41) is 9.73. The molecule has 0 saturated carbocycles. The highest BCUT2D eigenvalue weighted by molar-refractivity contribution is 6.36. The zero-order valence-corrected chi connectivity index (χ0v) is 18.4. The van der Waals surface area contributed by atoms with E-state index in [0.29, 0.717) is 41.8 Å². The molecular weight excluding hydrogens is 419 g/mol. The van der Waals surface area contributed by atoms with Crippen molar-refractivity contribution in [3.8, 4) is 11.3 Å². The molecule has 0 aliphatic carbocycles. The molecule has 1 fully saturated rings. The maximum absolute atomic E-state index is 12.8. The van der Waals surface area contributed by atoms with Crippen LogP contribution in [0.1, 0.15) is 21.5 Å². The van der Waals surface area contributed by atoms with Gasteiger partial charge in [-0.3, -0.25) is 4.79 Å². The lowest BCUT2D eigenvalue weighted by atomic mass is 10.0. The fourth-order valence-electron chi connectivity index (χ4n) is 3.52. The van der Waals surface area contributed by atoms with E-state index in [0.717, 1.165) is 17.1 Å². The quantitative estimate of drug-likeness (QED) is 0.572. The molecule has 1 aliphatic rings. The number of rotatable bonds is 3. The number of carbonyl (C=O) groups is 1. The zero-order valence-electron chi connectivity index (χ0n) is 16.9. The summed E-state index contributed by atoms with van der Waals surface area (Å²) in [7, 11) is 0. The van der Waals surface area contributed by atoms with E-state index in [1.807, 2.05) is 17.0 Å². The first kappa shape index (κ1) is 20.6. The predicted molar refractivity (Wildman–Crippen MR) is 122 cm³/mol. The van der Waals surface area contributed by atoms with Gasteiger partial charge in [-0.2, -0.15) is 0 Å². The first-order valence-electron chi connectivity index (χ1n) is 9.83. The molecule has 3 aromatic rings. The molecule has 2 aromatic carbocycles. The molecule has 0 bridgehead atoms. The fraction of sp³-hybridized carbons (Fsp3) is 0.261. The molecule has 4 rings (SSSR count). The number of piperazine rings is 1. The molecule has 1 aromatic heterocycles. The molecule has 2 heterocycles. The lowest BCUT2D eigenvalue weighted by Crippen LogP contribution is -2.49. The number of halogens is 2. The normalized spacial score (nSPS) is 14.1. The monoisotopic (exact) mass is 440 g/mol. The van der Waals surface area contributed by atoms with E-state index in [4.69, 9.17) is 23.2 Å². The number of anilines is 1. The third kappa shape index (κ3) is 4.27. The summed E-state index contributed by atoms with van der Waals surface area (Å²) in [5.74, 6) is 0.742. The van der Waals surface area contributed by atoms with Crippen molar-refractivity contribution < 1.29 is 4.79 Å². The first-order valence-corrected chi connectivity index (χ1v) is 10.6. The Kier molecular flexibility index (Phi) is 5.93. The molecule has 0 N–H and O–H groups in total. The number of hydrogen-bond acceptors (Lipinski definition) is 4. The van der Waals surface area contributed by atoms with Gasteiger partial charge < -0.3 is 9.80 Å². The Morgan fingerprint density at radius 1 is 0.867 bits per heavy atom. The van der Waals surface area contributed by atoms with Crippen molar-refractivity contribution in [3.63, 3.8) is 0 Å². The highest BCUT2D eigenvalue weighted by Gasteiger charge is 2.24. The van der Waals surface area contributed by atoms with E-state index in [1.54, 1.807) is 18.2 Å². The average molecular weight is 441 g/mol. The summed E-state index contributed by atoms with van der Waals surface area (Å²) in [6, 6.07) is 15.2. The second kappa shape index (κ2) is 8.62. The predicted octanol–water partition coefficient (Wildman–Crippen LogP) is 5.03. The minimum absolute atomic E-state index is 0.0764. The largest absolute Gasteiger partial charge is 0.352 e. The van der Waals surface area contributed by atoms with E-state index in [2.05, 4.69) is 47.1 Å². The number of aromatic nitrogens is 2. The zero-order chi connectivity index (χ0) is 21.3. The number of amides is 1. The van der Waals surface area contributed by atoms with Crippen LogP contribution in [-0.4, -0.2) is 47.2 Å². The van der Waals surface area contributed by atoms with Gasteiger partial charge in [0.05, 0.1) is 16.3 Å². The number of carbonyl (C=O) groups excluding carboxylic acids is 1. The van der Waals surface area contributed by atoms with E-state index < -0.39 is 0 Å². The molecule has 0 unspecified atom stereocenters. The summed E-state index contributed by atoms with van der Waals surface area (Å²) in [6.07, 6.45) is 0. The van der Waals surface area contributed by atoms with Gasteiger partial charge in [-0.25, -0.2) is 0 Å². The minimum atomic E-state index is -0.0764. The van der Waals surface area contributed by atoms with Crippen LogP contribution in [0, 0.1) is 13.8 Å². The van der Waals surface area contributed by atoms with Crippen LogP contribution in [0.3, 0.4) is 0 Å². The Bertz CT molecular complexity index is 1080. The maximum Gasteiger partial charge on any atom is 0.255 e. The minimum Gasteiger partial charge on any atom is -0.352 e. The van der Waals surface area contributed by atoms with Gasteiger partial charge in [0.1, 0.15) is 0 Å². The Hall–Kier alpha value is -2.63. The van der Waals surface area contributed by atoms with Crippen molar-refractivity contribution in [1.82, 2.24) is 15.1 Å². The molecule has 5 nitrogen and oxygen atoms in total. The van der Waals surface area contributed by atoms with Gasteiger partial charge in [0, 0.05) is 36.8 Å². The van der Waals surface area contributed by atoms with Gasteiger partial charge in [-0.1, -0.05) is 35.3 Å². The smallest absolute Gasteiger partial charge is 0.255 e. The molecule has 1 saturated heterocycles. The van der Waals surface area contributed by atoms with Crippen molar-refractivity contribution in [3.05, 3.63) is 75.3 Å². The Morgan fingerprint density at radius 3 is 2.27 bits per heavy atom. The number of hydrogen-bond donors (Lipinski definition) is 0. The van der Waals surface area contributed by atoms with E-state index >= 15 is 0 Å².